The Kier molecular flexibility index (Phi) is 3.91. The molecule has 1 aromatic carbocycles. The highest BCUT2D eigenvalue weighted by Crippen LogP contribution is 2.19. The fraction of sp³-hybridized carbons (Fsp3) is 0.143. The first kappa shape index (κ1) is 14.6. The number of nitrogen functional groups attached to an aromatic ring is 1. The fourth-order valence-electron chi connectivity index (χ4n) is 2.00. The molecule has 0 radical (unpaired) electrons. The number of nitro benzene ring substituents is 1. The lowest BCUT2D eigenvalue weighted by molar-refractivity contribution is -0.384. The Morgan fingerprint density at radius 1 is 1.13 bits per heavy atom. The van der Waals surface area contributed by atoms with Crippen LogP contribution < -0.4 is 10.5 Å². The van der Waals surface area contributed by atoms with Gasteiger partial charge in [-0.05, 0) is 5.56 Å². The molecule has 0 atom stereocenters. The van der Waals surface area contributed by atoms with E-state index in [4.69, 9.17) is 10.5 Å². The van der Waals surface area contributed by atoms with Crippen LogP contribution in [0.3, 0.4) is 0 Å². The van der Waals surface area contributed by atoms with E-state index in [0.29, 0.717) is 24.2 Å². The van der Waals surface area contributed by atoms with E-state index in [1.807, 2.05) is 0 Å². The van der Waals surface area contributed by atoms with Crippen LogP contribution in [0.5, 0.6) is 5.88 Å². The van der Waals surface area contributed by atoms with Crippen molar-refractivity contribution in [1.29, 1.82) is 0 Å². The highest BCUT2D eigenvalue weighted by molar-refractivity contribution is 5.75. The van der Waals surface area contributed by atoms with Gasteiger partial charge in [-0.3, -0.25) is 10.1 Å². The van der Waals surface area contributed by atoms with Crippen molar-refractivity contribution in [2.24, 2.45) is 0 Å². The zero-order valence-corrected chi connectivity index (χ0v) is 11.9. The van der Waals surface area contributed by atoms with Crippen molar-refractivity contribution in [3.8, 4) is 5.88 Å². The predicted octanol–water partition coefficient (Wildman–Crippen LogP) is 1.53. The van der Waals surface area contributed by atoms with Crippen molar-refractivity contribution < 1.29 is 9.66 Å². The van der Waals surface area contributed by atoms with Crippen LogP contribution in [0.4, 0.5) is 11.6 Å². The minimum Gasteiger partial charge on any atom is -0.476 e. The van der Waals surface area contributed by atoms with Crippen molar-refractivity contribution >= 4 is 22.8 Å². The molecule has 0 fully saturated rings. The average Bonchev–Trinajstić information content (AvgIpc) is 2.55. The number of ether oxygens (including phenoxy) is 1. The maximum atomic E-state index is 10.6. The van der Waals surface area contributed by atoms with Gasteiger partial charge in [-0.2, -0.15) is 9.97 Å². The van der Waals surface area contributed by atoms with Gasteiger partial charge in [-0.25, -0.2) is 9.97 Å². The van der Waals surface area contributed by atoms with Gasteiger partial charge in [0.1, 0.15) is 0 Å². The standard InChI is InChI=1S/C14H12N6O3/c15-14-18-12-11(16-6-7-17-12)13(19-14)23-8-5-9-1-3-10(4-2-9)20(21)22/h1-4,6-7H,5,8H2,(H2,15,17,18,19). The van der Waals surface area contributed by atoms with E-state index in [-0.39, 0.29) is 17.5 Å². The molecular weight excluding hydrogens is 300 g/mol. The summed E-state index contributed by atoms with van der Waals surface area (Å²) in [5.41, 5.74) is 7.39. The molecule has 9 nitrogen and oxygen atoms in total. The second-order valence-corrected chi connectivity index (χ2v) is 4.64. The van der Waals surface area contributed by atoms with Gasteiger partial charge in [0, 0.05) is 30.9 Å². The highest BCUT2D eigenvalue weighted by atomic mass is 16.6. The number of rotatable bonds is 5. The molecule has 23 heavy (non-hydrogen) atoms. The Balaban J connectivity index is 1.70. The van der Waals surface area contributed by atoms with Gasteiger partial charge in [-0.15, -0.1) is 0 Å². The maximum absolute atomic E-state index is 10.6. The third-order valence-corrected chi connectivity index (χ3v) is 3.09. The molecule has 2 heterocycles. The normalized spacial score (nSPS) is 10.6. The van der Waals surface area contributed by atoms with Crippen LogP contribution in [0, 0.1) is 10.1 Å². The smallest absolute Gasteiger partial charge is 0.269 e. The van der Waals surface area contributed by atoms with Gasteiger partial charge in [-0.1, -0.05) is 12.1 Å². The molecule has 0 aliphatic carbocycles. The molecule has 0 aliphatic heterocycles. The summed E-state index contributed by atoms with van der Waals surface area (Å²) in [5.74, 6) is 0.325. The third kappa shape index (κ3) is 3.28. The van der Waals surface area contributed by atoms with E-state index >= 15 is 0 Å². The average molecular weight is 312 g/mol. The number of benzene rings is 1. The molecular formula is C14H12N6O3. The largest absolute Gasteiger partial charge is 0.476 e. The van der Waals surface area contributed by atoms with Crippen LogP contribution in [0.25, 0.3) is 11.2 Å². The quantitative estimate of drug-likeness (QED) is 0.554. The van der Waals surface area contributed by atoms with E-state index in [2.05, 4.69) is 19.9 Å². The van der Waals surface area contributed by atoms with E-state index < -0.39 is 4.92 Å². The third-order valence-electron chi connectivity index (χ3n) is 3.09. The summed E-state index contributed by atoms with van der Waals surface area (Å²) in [4.78, 5) is 26.4. The van der Waals surface area contributed by atoms with E-state index in [1.165, 1.54) is 24.5 Å². The van der Waals surface area contributed by atoms with Crippen LogP contribution in [0.2, 0.25) is 0 Å². The Labute approximate surface area is 130 Å². The van der Waals surface area contributed by atoms with Crippen molar-refractivity contribution in [2.45, 2.75) is 6.42 Å². The molecule has 0 spiro atoms. The number of nitro groups is 1. The number of aromatic nitrogens is 4. The predicted molar refractivity (Wildman–Crippen MR) is 81.8 cm³/mol. The van der Waals surface area contributed by atoms with Gasteiger partial charge in [0.2, 0.25) is 11.8 Å². The molecule has 3 aromatic rings. The first-order chi connectivity index (χ1) is 11.1. The van der Waals surface area contributed by atoms with Gasteiger partial charge < -0.3 is 10.5 Å². The molecule has 0 aliphatic rings. The molecule has 0 saturated heterocycles. The van der Waals surface area contributed by atoms with E-state index in [0.717, 1.165) is 5.56 Å². The number of nitrogens with two attached hydrogens (primary N) is 1. The molecule has 116 valence electrons. The van der Waals surface area contributed by atoms with E-state index in [1.54, 1.807) is 12.1 Å². The van der Waals surface area contributed by atoms with Gasteiger partial charge >= 0.3 is 0 Å². The summed E-state index contributed by atoms with van der Waals surface area (Å²) in [6.45, 7) is 0.319. The topological polar surface area (TPSA) is 130 Å². The molecule has 2 N–H and O–H groups in total. The number of fused-ring (bicyclic) bond motifs is 1. The minimum atomic E-state index is -0.436. The molecule has 2 aromatic heterocycles. The zero-order valence-electron chi connectivity index (χ0n) is 11.9. The highest BCUT2D eigenvalue weighted by Gasteiger charge is 2.10. The van der Waals surface area contributed by atoms with Crippen molar-refractivity contribution in [2.75, 3.05) is 12.3 Å². The SMILES string of the molecule is Nc1nc(OCCc2ccc([N+](=O)[O-])cc2)c2nccnc2n1. The zero-order chi connectivity index (χ0) is 16.2. The first-order valence-electron chi connectivity index (χ1n) is 6.74. The fourth-order valence-corrected chi connectivity index (χ4v) is 2.00. The second-order valence-electron chi connectivity index (χ2n) is 4.64. The molecule has 9 heteroatoms. The molecule has 0 unspecified atom stereocenters. The van der Waals surface area contributed by atoms with Crippen molar-refractivity contribution in [1.82, 2.24) is 19.9 Å². The molecule has 0 saturated carbocycles. The Bertz CT molecular complexity index is 853. The molecule has 0 amide bonds. The summed E-state index contributed by atoms with van der Waals surface area (Å²) in [6.07, 6.45) is 3.59. The lowest BCUT2D eigenvalue weighted by atomic mass is 10.1. The Morgan fingerprint density at radius 3 is 2.61 bits per heavy atom. The van der Waals surface area contributed by atoms with Crippen LogP contribution in [0.1, 0.15) is 5.56 Å². The summed E-state index contributed by atoms with van der Waals surface area (Å²) < 4.78 is 5.61. The molecule has 3 rings (SSSR count). The summed E-state index contributed by atoms with van der Waals surface area (Å²) in [6, 6.07) is 6.29. The van der Waals surface area contributed by atoms with Gasteiger partial charge in [0.25, 0.3) is 5.69 Å². The van der Waals surface area contributed by atoms with Crippen molar-refractivity contribution in [3.05, 3.63) is 52.3 Å². The van der Waals surface area contributed by atoms with Crippen LogP contribution in [0.15, 0.2) is 36.7 Å². The number of anilines is 1. The Morgan fingerprint density at radius 2 is 1.87 bits per heavy atom. The summed E-state index contributed by atoms with van der Waals surface area (Å²) in [7, 11) is 0. The number of hydrogen-bond acceptors (Lipinski definition) is 8. The minimum absolute atomic E-state index is 0.0551. The monoisotopic (exact) mass is 312 g/mol. The van der Waals surface area contributed by atoms with E-state index in [9.17, 15) is 10.1 Å². The number of non-ortho nitro benzene ring substituents is 1. The van der Waals surface area contributed by atoms with Gasteiger partial charge in [0.05, 0.1) is 11.5 Å². The summed E-state index contributed by atoms with van der Waals surface area (Å²) in [5, 5.41) is 10.6. The Hall–Kier alpha value is -3.36. The number of hydrogen-bond donors (Lipinski definition) is 1. The second kappa shape index (κ2) is 6.18. The molecule has 0 bridgehead atoms. The lowest BCUT2D eigenvalue weighted by Gasteiger charge is -2.07. The van der Waals surface area contributed by atoms with Gasteiger partial charge in [0.15, 0.2) is 11.2 Å². The first-order valence-corrected chi connectivity index (χ1v) is 6.74. The van der Waals surface area contributed by atoms with Crippen molar-refractivity contribution in [3.63, 3.8) is 0 Å². The summed E-state index contributed by atoms with van der Waals surface area (Å²) >= 11 is 0. The lowest BCUT2D eigenvalue weighted by Crippen LogP contribution is -2.06. The van der Waals surface area contributed by atoms with Crippen LogP contribution >= 0.6 is 0 Å². The number of nitrogens with zero attached hydrogens (tertiary/aromatic N) is 5. The maximum Gasteiger partial charge on any atom is 0.269 e. The van der Waals surface area contributed by atoms with Crippen LogP contribution in [-0.2, 0) is 6.42 Å². The van der Waals surface area contributed by atoms with Crippen LogP contribution in [-0.4, -0.2) is 31.5 Å².